The van der Waals surface area contributed by atoms with Gasteiger partial charge in [-0.2, -0.15) is 11.8 Å². The summed E-state index contributed by atoms with van der Waals surface area (Å²) in [4.78, 5) is 2.12. The first-order valence-electron chi connectivity index (χ1n) is 4.54. The minimum atomic E-state index is 0.283. The third-order valence-corrected chi connectivity index (χ3v) is 3.45. The predicted molar refractivity (Wildman–Crippen MR) is 58.0 cm³/mol. The quantitative estimate of drug-likeness (QED) is 0.728. The molecule has 6 heteroatoms. The smallest absolute Gasteiger partial charge is 0.318 e. The summed E-state index contributed by atoms with van der Waals surface area (Å²) in [7, 11) is 0. The van der Waals surface area contributed by atoms with E-state index in [1.807, 2.05) is 11.8 Å². The standard InChI is InChI=1S/C8H12ClN3OS/c1-6-5-12(2-3-14-6)8-11-10-7(4-9)13-8/h6H,2-5H2,1H3. The molecule has 0 radical (unpaired) electrons. The molecular weight excluding hydrogens is 222 g/mol. The molecule has 1 aliphatic rings. The molecular formula is C8H12ClN3OS. The van der Waals surface area contributed by atoms with Gasteiger partial charge in [0.2, 0.25) is 5.89 Å². The highest BCUT2D eigenvalue weighted by atomic mass is 35.5. The highest BCUT2D eigenvalue weighted by Crippen LogP contribution is 2.22. The number of alkyl halides is 1. The van der Waals surface area contributed by atoms with Crippen LogP contribution < -0.4 is 4.90 Å². The van der Waals surface area contributed by atoms with E-state index < -0.39 is 0 Å². The van der Waals surface area contributed by atoms with Crippen LogP contribution in [0.25, 0.3) is 0 Å². The Bertz CT molecular complexity index is 307. The number of rotatable bonds is 2. The van der Waals surface area contributed by atoms with Gasteiger partial charge in [0, 0.05) is 24.1 Å². The molecule has 4 nitrogen and oxygen atoms in total. The first-order valence-corrected chi connectivity index (χ1v) is 6.13. The van der Waals surface area contributed by atoms with Crippen LogP contribution in [0.3, 0.4) is 0 Å². The number of hydrogen-bond acceptors (Lipinski definition) is 5. The zero-order chi connectivity index (χ0) is 9.97. The Morgan fingerprint density at radius 1 is 1.64 bits per heavy atom. The predicted octanol–water partition coefficient (Wildman–Crippen LogP) is 1.75. The maximum Gasteiger partial charge on any atom is 0.318 e. The molecule has 1 atom stereocenters. The lowest BCUT2D eigenvalue weighted by Crippen LogP contribution is -2.36. The second kappa shape index (κ2) is 4.40. The Labute approximate surface area is 92.0 Å². The van der Waals surface area contributed by atoms with Gasteiger partial charge in [-0.1, -0.05) is 12.0 Å². The zero-order valence-corrected chi connectivity index (χ0v) is 9.51. The molecule has 0 amide bonds. The number of hydrogen-bond donors (Lipinski definition) is 0. The molecule has 78 valence electrons. The third-order valence-electron chi connectivity index (χ3n) is 2.08. The van der Waals surface area contributed by atoms with E-state index in [1.165, 1.54) is 0 Å². The lowest BCUT2D eigenvalue weighted by atomic mass is 10.4. The Morgan fingerprint density at radius 3 is 3.14 bits per heavy atom. The summed E-state index contributed by atoms with van der Waals surface area (Å²) in [6, 6.07) is 0.604. The van der Waals surface area contributed by atoms with Crippen LogP contribution in [-0.4, -0.2) is 34.3 Å². The van der Waals surface area contributed by atoms with Crippen molar-refractivity contribution in [1.29, 1.82) is 0 Å². The second-order valence-corrected chi connectivity index (χ2v) is 5.05. The van der Waals surface area contributed by atoms with E-state index in [0.717, 1.165) is 18.8 Å². The normalized spacial score (nSPS) is 22.7. The lowest BCUT2D eigenvalue weighted by molar-refractivity contribution is 0.499. The van der Waals surface area contributed by atoms with Gasteiger partial charge in [0.15, 0.2) is 0 Å². The van der Waals surface area contributed by atoms with E-state index in [-0.39, 0.29) is 5.88 Å². The van der Waals surface area contributed by atoms with Crippen molar-refractivity contribution in [2.24, 2.45) is 0 Å². The van der Waals surface area contributed by atoms with Crippen LogP contribution in [0.1, 0.15) is 12.8 Å². The van der Waals surface area contributed by atoms with E-state index in [2.05, 4.69) is 22.0 Å². The molecule has 0 spiro atoms. The number of nitrogens with zero attached hydrogens (tertiary/aromatic N) is 3. The minimum Gasteiger partial charge on any atom is -0.407 e. The molecule has 2 rings (SSSR count). The fourth-order valence-electron chi connectivity index (χ4n) is 1.42. The van der Waals surface area contributed by atoms with E-state index >= 15 is 0 Å². The largest absolute Gasteiger partial charge is 0.407 e. The molecule has 1 fully saturated rings. The fourth-order valence-corrected chi connectivity index (χ4v) is 2.54. The van der Waals surface area contributed by atoms with E-state index in [0.29, 0.717) is 17.2 Å². The first kappa shape index (κ1) is 10.1. The summed E-state index contributed by atoms with van der Waals surface area (Å²) in [6.45, 7) is 4.14. The van der Waals surface area contributed by atoms with Crippen molar-refractivity contribution in [2.45, 2.75) is 18.1 Å². The number of halogens is 1. The monoisotopic (exact) mass is 233 g/mol. The van der Waals surface area contributed by atoms with E-state index in [1.54, 1.807) is 0 Å². The molecule has 1 aromatic rings. The topological polar surface area (TPSA) is 42.2 Å². The van der Waals surface area contributed by atoms with Gasteiger partial charge in [0.25, 0.3) is 0 Å². The van der Waals surface area contributed by atoms with Crippen LogP contribution in [0.4, 0.5) is 6.01 Å². The van der Waals surface area contributed by atoms with Crippen molar-refractivity contribution in [1.82, 2.24) is 10.2 Å². The van der Waals surface area contributed by atoms with Crippen LogP contribution in [-0.2, 0) is 5.88 Å². The van der Waals surface area contributed by atoms with Gasteiger partial charge in [-0.25, -0.2) is 0 Å². The molecule has 0 N–H and O–H groups in total. The molecule has 1 aliphatic heterocycles. The summed E-state index contributed by atoms with van der Waals surface area (Å²) in [5, 5.41) is 8.42. The third kappa shape index (κ3) is 2.15. The number of anilines is 1. The first-order chi connectivity index (χ1) is 6.79. The molecule has 2 heterocycles. The average molecular weight is 234 g/mol. The summed E-state index contributed by atoms with van der Waals surface area (Å²) in [6.07, 6.45) is 0. The van der Waals surface area contributed by atoms with Crippen molar-refractivity contribution in [3.63, 3.8) is 0 Å². The van der Waals surface area contributed by atoms with Crippen molar-refractivity contribution in [3.8, 4) is 0 Å². The Morgan fingerprint density at radius 2 is 2.50 bits per heavy atom. The van der Waals surface area contributed by atoms with Crippen LogP contribution in [0.15, 0.2) is 4.42 Å². The summed E-state index contributed by atoms with van der Waals surface area (Å²) < 4.78 is 5.38. The van der Waals surface area contributed by atoms with Gasteiger partial charge in [-0.15, -0.1) is 16.7 Å². The summed E-state index contributed by atoms with van der Waals surface area (Å²) in [5.74, 6) is 1.89. The van der Waals surface area contributed by atoms with Crippen molar-refractivity contribution in [3.05, 3.63) is 5.89 Å². The van der Waals surface area contributed by atoms with Crippen LogP contribution >= 0.6 is 23.4 Å². The minimum absolute atomic E-state index is 0.283. The van der Waals surface area contributed by atoms with Crippen LogP contribution in [0, 0.1) is 0 Å². The Kier molecular flexibility index (Phi) is 3.18. The van der Waals surface area contributed by atoms with Crippen LogP contribution in [0.5, 0.6) is 0 Å². The van der Waals surface area contributed by atoms with Gasteiger partial charge in [-0.3, -0.25) is 0 Å². The fraction of sp³-hybridized carbons (Fsp3) is 0.750. The molecule has 1 aromatic heterocycles. The molecule has 0 aliphatic carbocycles. The SMILES string of the molecule is CC1CN(c2nnc(CCl)o2)CCS1. The Hall–Kier alpha value is -0.420. The molecule has 1 unspecified atom stereocenters. The van der Waals surface area contributed by atoms with Crippen molar-refractivity contribution in [2.75, 3.05) is 23.7 Å². The molecule has 14 heavy (non-hydrogen) atoms. The van der Waals surface area contributed by atoms with Gasteiger partial charge in [-0.05, 0) is 0 Å². The molecule has 0 bridgehead atoms. The molecule has 0 aromatic carbocycles. The van der Waals surface area contributed by atoms with Gasteiger partial charge >= 0.3 is 6.01 Å². The maximum absolute atomic E-state index is 5.59. The van der Waals surface area contributed by atoms with Crippen molar-refractivity contribution < 1.29 is 4.42 Å². The Balaban J connectivity index is 2.06. The number of aromatic nitrogens is 2. The molecule has 1 saturated heterocycles. The maximum atomic E-state index is 5.59. The van der Waals surface area contributed by atoms with Gasteiger partial charge < -0.3 is 9.32 Å². The van der Waals surface area contributed by atoms with E-state index in [9.17, 15) is 0 Å². The highest BCUT2D eigenvalue weighted by Gasteiger charge is 2.21. The van der Waals surface area contributed by atoms with Crippen LogP contribution in [0.2, 0.25) is 0 Å². The van der Waals surface area contributed by atoms with Crippen molar-refractivity contribution >= 4 is 29.4 Å². The van der Waals surface area contributed by atoms with Gasteiger partial charge in [0.05, 0.1) is 0 Å². The second-order valence-electron chi connectivity index (χ2n) is 3.24. The highest BCUT2D eigenvalue weighted by molar-refractivity contribution is 8.00. The zero-order valence-electron chi connectivity index (χ0n) is 7.94. The van der Waals surface area contributed by atoms with Gasteiger partial charge in [0.1, 0.15) is 5.88 Å². The number of thioether (sulfide) groups is 1. The lowest BCUT2D eigenvalue weighted by Gasteiger charge is -2.28. The summed E-state index contributed by atoms with van der Waals surface area (Å²) in [5.41, 5.74) is 0. The molecule has 0 saturated carbocycles. The van der Waals surface area contributed by atoms with E-state index in [4.69, 9.17) is 16.0 Å². The average Bonchev–Trinajstić information content (AvgIpc) is 2.66. The summed E-state index contributed by atoms with van der Waals surface area (Å²) >= 11 is 7.56.